The summed E-state index contributed by atoms with van der Waals surface area (Å²) in [6, 6.07) is 22.6. The van der Waals surface area contributed by atoms with Crippen LogP contribution in [0.15, 0.2) is 77.6 Å². The predicted molar refractivity (Wildman–Crippen MR) is 132 cm³/mol. The molecule has 3 aromatic carbocycles. The molecule has 0 bridgehead atoms. The summed E-state index contributed by atoms with van der Waals surface area (Å²) >= 11 is 0. The van der Waals surface area contributed by atoms with Gasteiger partial charge in [-0.05, 0) is 60.2 Å². The molecule has 2 atom stereocenters. The van der Waals surface area contributed by atoms with Gasteiger partial charge in [0.25, 0.3) is 5.56 Å². The van der Waals surface area contributed by atoms with Crippen molar-refractivity contribution in [2.75, 3.05) is 7.11 Å². The summed E-state index contributed by atoms with van der Waals surface area (Å²) in [5.74, 6) is -1.33. The minimum absolute atomic E-state index is 0.0568. The molecule has 0 radical (unpaired) electrons. The van der Waals surface area contributed by atoms with Crippen LogP contribution in [0.1, 0.15) is 18.4 Å². The second kappa shape index (κ2) is 10.9. The van der Waals surface area contributed by atoms with Crippen molar-refractivity contribution in [1.29, 1.82) is 0 Å². The minimum atomic E-state index is -1.10. The van der Waals surface area contributed by atoms with Gasteiger partial charge in [-0.15, -0.1) is 5.10 Å². The summed E-state index contributed by atoms with van der Waals surface area (Å²) in [4.78, 5) is 24.4. The molecule has 2 unspecified atom stereocenters. The van der Waals surface area contributed by atoms with Gasteiger partial charge in [0.1, 0.15) is 11.3 Å². The Bertz CT molecular complexity index is 1350. The number of carboxylic acids is 1. The van der Waals surface area contributed by atoms with Crippen LogP contribution in [0.4, 0.5) is 0 Å². The molecule has 0 amide bonds. The summed E-state index contributed by atoms with van der Waals surface area (Å²) in [5, 5.41) is 28.6. The third-order valence-corrected chi connectivity index (χ3v) is 6.17. The van der Waals surface area contributed by atoms with Crippen molar-refractivity contribution in [2.24, 2.45) is 5.92 Å². The van der Waals surface area contributed by atoms with Gasteiger partial charge in [-0.2, -0.15) is 0 Å². The standard InChI is InChI=1S/C27H27N3O5/c1-35-21-13-11-20(12-14-21)19-9-6-18(7-10-19)8-15-25(31)23(27(33)34)16-17-30-26(32)22-4-2-3-5-24(22)28-29-30/h2-7,9-14,23,25,31H,8,15-17H2,1H3,(H,33,34). The first-order valence-corrected chi connectivity index (χ1v) is 11.4. The number of benzene rings is 3. The first-order chi connectivity index (χ1) is 17.0. The van der Waals surface area contributed by atoms with Crippen molar-refractivity contribution >= 4 is 16.9 Å². The van der Waals surface area contributed by atoms with Crippen LogP contribution >= 0.6 is 0 Å². The molecule has 0 saturated heterocycles. The van der Waals surface area contributed by atoms with E-state index in [9.17, 15) is 19.8 Å². The Hall–Kier alpha value is -4.04. The van der Waals surface area contributed by atoms with Gasteiger partial charge >= 0.3 is 5.97 Å². The quantitative estimate of drug-likeness (QED) is 0.362. The van der Waals surface area contributed by atoms with Crippen molar-refractivity contribution in [1.82, 2.24) is 15.0 Å². The number of hydrogen-bond acceptors (Lipinski definition) is 6. The zero-order valence-electron chi connectivity index (χ0n) is 19.4. The summed E-state index contributed by atoms with van der Waals surface area (Å²) in [7, 11) is 1.63. The molecule has 8 nitrogen and oxygen atoms in total. The molecule has 2 N–H and O–H groups in total. The second-order valence-electron chi connectivity index (χ2n) is 8.40. The smallest absolute Gasteiger partial charge is 0.309 e. The maximum atomic E-state index is 12.6. The predicted octanol–water partition coefficient (Wildman–Crippen LogP) is 3.55. The lowest BCUT2D eigenvalue weighted by Crippen LogP contribution is -2.32. The number of carbonyl (C=O) groups is 1. The summed E-state index contributed by atoms with van der Waals surface area (Å²) in [6.07, 6.45) is -0.168. The summed E-state index contributed by atoms with van der Waals surface area (Å²) < 4.78 is 6.35. The van der Waals surface area contributed by atoms with E-state index in [0.717, 1.165) is 27.1 Å². The Morgan fingerprint density at radius 2 is 1.63 bits per heavy atom. The van der Waals surface area contributed by atoms with Crippen LogP contribution in [-0.4, -0.2) is 44.4 Å². The first kappa shape index (κ1) is 24.1. The van der Waals surface area contributed by atoms with E-state index >= 15 is 0 Å². The van der Waals surface area contributed by atoms with Crippen LogP contribution in [0.2, 0.25) is 0 Å². The zero-order valence-corrected chi connectivity index (χ0v) is 19.4. The third-order valence-electron chi connectivity index (χ3n) is 6.17. The Balaban J connectivity index is 1.36. The number of carboxylic acid groups (broad SMARTS) is 1. The van der Waals surface area contributed by atoms with Gasteiger partial charge in [0, 0.05) is 6.54 Å². The van der Waals surface area contributed by atoms with Gasteiger partial charge in [-0.3, -0.25) is 9.59 Å². The van der Waals surface area contributed by atoms with E-state index in [1.807, 2.05) is 48.5 Å². The second-order valence-corrected chi connectivity index (χ2v) is 8.40. The van der Waals surface area contributed by atoms with Crippen LogP contribution in [0.25, 0.3) is 22.0 Å². The first-order valence-electron chi connectivity index (χ1n) is 11.4. The van der Waals surface area contributed by atoms with Crippen molar-refractivity contribution in [3.05, 3.63) is 88.7 Å². The van der Waals surface area contributed by atoms with Gasteiger partial charge in [-0.1, -0.05) is 53.7 Å². The fourth-order valence-electron chi connectivity index (χ4n) is 4.07. The number of hydrogen-bond donors (Lipinski definition) is 2. The average Bonchev–Trinajstić information content (AvgIpc) is 2.89. The molecule has 0 spiro atoms. The van der Waals surface area contributed by atoms with Crippen LogP contribution in [0.3, 0.4) is 0 Å². The van der Waals surface area contributed by atoms with E-state index in [2.05, 4.69) is 10.3 Å². The van der Waals surface area contributed by atoms with Crippen LogP contribution < -0.4 is 10.3 Å². The Morgan fingerprint density at radius 1 is 0.971 bits per heavy atom. The number of nitrogens with zero attached hydrogens (tertiary/aromatic N) is 3. The van der Waals surface area contributed by atoms with E-state index in [1.54, 1.807) is 31.4 Å². The summed E-state index contributed by atoms with van der Waals surface area (Å²) in [6.45, 7) is 0.0568. The van der Waals surface area contributed by atoms with Crippen molar-refractivity contribution in [3.8, 4) is 16.9 Å². The number of aryl methyl sites for hydroxylation is 2. The molecule has 35 heavy (non-hydrogen) atoms. The highest BCUT2D eigenvalue weighted by Crippen LogP contribution is 2.24. The van der Waals surface area contributed by atoms with Gasteiger partial charge < -0.3 is 14.9 Å². The fraction of sp³-hybridized carbons (Fsp3) is 0.259. The molecule has 1 heterocycles. The summed E-state index contributed by atoms with van der Waals surface area (Å²) in [5.41, 5.74) is 3.28. The van der Waals surface area contributed by atoms with E-state index in [-0.39, 0.29) is 24.9 Å². The van der Waals surface area contributed by atoms with Gasteiger partial charge in [0.15, 0.2) is 0 Å². The molecule has 0 aliphatic carbocycles. The Morgan fingerprint density at radius 3 is 2.29 bits per heavy atom. The Kier molecular flexibility index (Phi) is 7.52. The maximum absolute atomic E-state index is 12.6. The SMILES string of the molecule is COc1ccc(-c2ccc(CCC(O)C(CCn3nnc4ccccc4c3=O)C(=O)O)cc2)cc1. The average molecular weight is 474 g/mol. The number of methoxy groups -OCH3 is 1. The molecule has 4 aromatic rings. The van der Waals surface area contributed by atoms with Crippen LogP contribution in [0.5, 0.6) is 5.75 Å². The molecule has 180 valence electrons. The van der Waals surface area contributed by atoms with Crippen molar-refractivity contribution in [2.45, 2.75) is 31.9 Å². The van der Waals surface area contributed by atoms with Gasteiger partial charge in [0.2, 0.25) is 0 Å². The lowest BCUT2D eigenvalue weighted by molar-refractivity contribution is -0.146. The highest BCUT2D eigenvalue weighted by Gasteiger charge is 2.26. The third kappa shape index (κ3) is 5.73. The maximum Gasteiger partial charge on any atom is 0.309 e. The van der Waals surface area contributed by atoms with Crippen LogP contribution in [-0.2, 0) is 17.8 Å². The molecule has 8 heteroatoms. The molecule has 0 aliphatic heterocycles. The molecule has 0 fully saturated rings. The fourth-order valence-corrected chi connectivity index (χ4v) is 4.07. The highest BCUT2D eigenvalue weighted by molar-refractivity contribution is 5.76. The molecular weight excluding hydrogens is 446 g/mol. The normalized spacial score (nSPS) is 12.9. The number of aliphatic hydroxyl groups is 1. The molecular formula is C27H27N3O5. The number of rotatable bonds is 10. The number of aromatic nitrogens is 3. The van der Waals surface area contributed by atoms with Crippen molar-refractivity contribution < 1.29 is 19.7 Å². The lowest BCUT2D eigenvalue weighted by atomic mass is 9.93. The number of aliphatic carboxylic acids is 1. The molecule has 1 aromatic heterocycles. The van der Waals surface area contributed by atoms with Gasteiger partial charge in [-0.25, -0.2) is 4.68 Å². The van der Waals surface area contributed by atoms with Gasteiger partial charge in [0.05, 0.1) is 24.5 Å². The van der Waals surface area contributed by atoms with Crippen LogP contribution in [0, 0.1) is 5.92 Å². The largest absolute Gasteiger partial charge is 0.497 e. The lowest BCUT2D eigenvalue weighted by Gasteiger charge is -2.19. The highest BCUT2D eigenvalue weighted by atomic mass is 16.5. The molecule has 0 saturated carbocycles. The number of fused-ring (bicyclic) bond motifs is 1. The minimum Gasteiger partial charge on any atom is -0.497 e. The number of ether oxygens (including phenoxy) is 1. The zero-order chi connectivity index (χ0) is 24.8. The van der Waals surface area contributed by atoms with E-state index in [4.69, 9.17) is 4.74 Å². The van der Waals surface area contributed by atoms with E-state index in [1.165, 1.54) is 0 Å². The monoisotopic (exact) mass is 473 g/mol. The van der Waals surface area contributed by atoms with E-state index < -0.39 is 18.0 Å². The molecule has 4 rings (SSSR count). The van der Waals surface area contributed by atoms with Crippen molar-refractivity contribution in [3.63, 3.8) is 0 Å². The topological polar surface area (TPSA) is 115 Å². The van der Waals surface area contributed by atoms with E-state index in [0.29, 0.717) is 17.3 Å². The number of aliphatic hydroxyl groups excluding tert-OH is 1. The Labute approximate surface area is 202 Å². The molecule has 0 aliphatic rings.